The molecule has 0 aliphatic heterocycles. The standard InChI is InChI=1S/C23H22N4O/c1-16-13-20(15-27-23(16)24-17(2)26-27)25-22(28)14-21(18-9-5-3-6-10-18)19-11-7-4-8-12-19/h3-13,15,21H,14H2,1-2H3,(H,25,28). The first kappa shape index (κ1) is 17.9. The van der Waals surface area contributed by atoms with Crippen LogP contribution in [0.4, 0.5) is 5.69 Å². The van der Waals surface area contributed by atoms with Crippen molar-refractivity contribution in [2.24, 2.45) is 0 Å². The van der Waals surface area contributed by atoms with Crippen molar-refractivity contribution in [1.29, 1.82) is 0 Å². The summed E-state index contributed by atoms with van der Waals surface area (Å²) in [4.78, 5) is 17.3. The lowest BCUT2D eigenvalue weighted by Crippen LogP contribution is -2.17. The molecule has 5 nitrogen and oxygen atoms in total. The van der Waals surface area contributed by atoms with Gasteiger partial charge in [0.25, 0.3) is 0 Å². The molecule has 0 bridgehead atoms. The smallest absolute Gasteiger partial charge is 0.225 e. The van der Waals surface area contributed by atoms with Crippen LogP contribution in [0.1, 0.15) is 34.9 Å². The van der Waals surface area contributed by atoms with Gasteiger partial charge in [-0.2, -0.15) is 5.10 Å². The monoisotopic (exact) mass is 370 g/mol. The second-order valence-electron chi connectivity index (χ2n) is 6.97. The van der Waals surface area contributed by atoms with Crippen LogP contribution < -0.4 is 5.32 Å². The Hall–Kier alpha value is -3.47. The first-order valence-electron chi connectivity index (χ1n) is 9.33. The third kappa shape index (κ3) is 3.78. The van der Waals surface area contributed by atoms with E-state index >= 15 is 0 Å². The molecule has 0 saturated carbocycles. The molecule has 0 radical (unpaired) electrons. The van der Waals surface area contributed by atoms with Crippen LogP contribution in [-0.2, 0) is 4.79 Å². The predicted octanol–water partition coefficient (Wildman–Crippen LogP) is 4.51. The molecule has 0 aliphatic carbocycles. The van der Waals surface area contributed by atoms with Crippen molar-refractivity contribution in [3.8, 4) is 0 Å². The van der Waals surface area contributed by atoms with Crippen molar-refractivity contribution in [3.63, 3.8) is 0 Å². The van der Waals surface area contributed by atoms with E-state index < -0.39 is 0 Å². The van der Waals surface area contributed by atoms with Crippen LogP contribution >= 0.6 is 0 Å². The molecule has 0 aliphatic rings. The summed E-state index contributed by atoms with van der Waals surface area (Å²) in [6.07, 6.45) is 2.17. The highest BCUT2D eigenvalue weighted by Crippen LogP contribution is 2.28. The van der Waals surface area contributed by atoms with Gasteiger partial charge in [0.2, 0.25) is 5.91 Å². The summed E-state index contributed by atoms with van der Waals surface area (Å²) in [6.45, 7) is 3.82. The Balaban J connectivity index is 1.58. The van der Waals surface area contributed by atoms with Crippen LogP contribution in [0.25, 0.3) is 5.65 Å². The minimum atomic E-state index is -0.0340. The highest BCUT2D eigenvalue weighted by atomic mass is 16.1. The summed E-state index contributed by atoms with van der Waals surface area (Å²) >= 11 is 0. The quantitative estimate of drug-likeness (QED) is 0.562. The number of amides is 1. The molecule has 2 aromatic carbocycles. The van der Waals surface area contributed by atoms with E-state index in [4.69, 9.17) is 0 Å². The van der Waals surface area contributed by atoms with Gasteiger partial charge in [0.05, 0.1) is 11.9 Å². The summed E-state index contributed by atoms with van der Waals surface area (Å²) in [7, 11) is 0. The Bertz CT molecular complexity index is 1060. The highest BCUT2D eigenvalue weighted by molar-refractivity contribution is 5.91. The van der Waals surface area contributed by atoms with E-state index in [9.17, 15) is 4.79 Å². The molecular weight excluding hydrogens is 348 g/mol. The van der Waals surface area contributed by atoms with Crippen LogP contribution in [0.2, 0.25) is 0 Å². The second-order valence-corrected chi connectivity index (χ2v) is 6.97. The average Bonchev–Trinajstić information content (AvgIpc) is 3.08. The summed E-state index contributed by atoms with van der Waals surface area (Å²) in [5.74, 6) is 0.675. The van der Waals surface area contributed by atoms with Crippen LogP contribution in [0, 0.1) is 13.8 Å². The minimum absolute atomic E-state index is 0.000780. The Labute approximate surface area is 164 Å². The maximum atomic E-state index is 12.9. The van der Waals surface area contributed by atoms with Crippen molar-refractivity contribution in [1.82, 2.24) is 14.6 Å². The third-order valence-electron chi connectivity index (χ3n) is 4.80. The van der Waals surface area contributed by atoms with Gasteiger partial charge < -0.3 is 5.32 Å². The van der Waals surface area contributed by atoms with E-state index in [1.54, 1.807) is 10.7 Å². The number of hydrogen-bond acceptors (Lipinski definition) is 3. The predicted molar refractivity (Wildman–Crippen MR) is 110 cm³/mol. The normalized spacial score (nSPS) is 11.1. The second kappa shape index (κ2) is 7.64. The molecule has 0 spiro atoms. The number of rotatable bonds is 5. The maximum absolute atomic E-state index is 12.9. The molecule has 140 valence electrons. The van der Waals surface area contributed by atoms with Gasteiger partial charge in [-0.25, -0.2) is 9.50 Å². The van der Waals surface area contributed by atoms with Gasteiger partial charge in [0, 0.05) is 12.3 Å². The topological polar surface area (TPSA) is 59.3 Å². The van der Waals surface area contributed by atoms with Gasteiger partial charge in [0.15, 0.2) is 5.65 Å². The van der Waals surface area contributed by atoms with Crippen LogP contribution in [-0.4, -0.2) is 20.5 Å². The SMILES string of the molecule is Cc1nc2c(C)cc(NC(=O)CC(c3ccccc3)c3ccccc3)cn2n1. The van der Waals surface area contributed by atoms with Crippen LogP contribution in [0.15, 0.2) is 72.9 Å². The summed E-state index contributed by atoms with van der Waals surface area (Å²) in [6, 6.07) is 22.2. The number of benzene rings is 2. The van der Waals surface area contributed by atoms with Crippen molar-refractivity contribution in [2.75, 3.05) is 5.32 Å². The van der Waals surface area contributed by atoms with Crippen LogP contribution in [0.5, 0.6) is 0 Å². The molecule has 5 heteroatoms. The molecule has 4 rings (SSSR count). The summed E-state index contributed by atoms with van der Waals surface area (Å²) in [5, 5.41) is 7.38. The van der Waals surface area contributed by atoms with Crippen molar-refractivity contribution in [2.45, 2.75) is 26.2 Å². The summed E-state index contributed by atoms with van der Waals surface area (Å²) < 4.78 is 1.71. The molecular formula is C23H22N4O. The molecule has 28 heavy (non-hydrogen) atoms. The lowest BCUT2D eigenvalue weighted by Gasteiger charge is -2.18. The number of aromatic nitrogens is 3. The number of carbonyl (C=O) groups is 1. The fraction of sp³-hybridized carbons (Fsp3) is 0.174. The molecule has 2 heterocycles. The zero-order valence-electron chi connectivity index (χ0n) is 16.0. The molecule has 0 unspecified atom stereocenters. The zero-order valence-corrected chi connectivity index (χ0v) is 16.0. The van der Waals surface area contributed by atoms with Gasteiger partial charge in [-0.15, -0.1) is 0 Å². The number of aryl methyl sites for hydroxylation is 2. The molecule has 4 aromatic rings. The molecule has 1 amide bonds. The van der Waals surface area contributed by atoms with E-state index in [1.165, 1.54) is 0 Å². The number of nitrogens with one attached hydrogen (secondary N) is 1. The Morgan fingerprint density at radius 1 is 1.00 bits per heavy atom. The molecule has 0 atom stereocenters. The van der Waals surface area contributed by atoms with Crippen molar-refractivity contribution >= 4 is 17.2 Å². The first-order valence-corrected chi connectivity index (χ1v) is 9.33. The van der Waals surface area contributed by atoms with Gasteiger partial charge in [-0.1, -0.05) is 60.7 Å². The fourth-order valence-corrected chi connectivity index (χ4v) is 3.52. The minimum Gasteiger partial charge on any atom is -0.325 e. The molecule has 2 aromatic heterocycles. The number of anilines is 1. The first-order chi connectivity index (χ1) is 13.6. The Morgan fingerprint density at radius 3 is 2.21 bits per heavy atom. The van der Waals surface area contributed by atoms with E-state index in [2.05, 4.69) is 39.7 Å². The average molecular weight is 370 g/mol. The number of carbonyl (C=O) groups excluding carboxylic acids is 1. The van der Waals surface area contributed by atoms with Crippen molar-refractivity contribution in [3.05, 3.63) is 95.4 Å². The molecule has 0 saturated heterocycles. The number of nitrogens with zero attached hydrogens (tertiary/aromatic N) is 3. The lowest BCUT2D eigenvalue weighted by atomic mass is 9.88. The lowest BCUT2D eigenvalue weighted by molar-refractivity contribution is -0.116. The zero-order chi connectivity index (χ0) is 19.5. The Kier molecular flexibility index (Phi) is 4.89. The number of fused-ring (bicyclic) bond motifs is 1. The third-order valence-corrected chi connectivity index (χ3v) is 4.80. The van der Waals surface area contributed by atoms with E-state index in [0.29, 0.717) is 12.2 Å². The van der Waals surface area contributed by atoms with Gasteiger partial charge >= 0.3 is 0 Å². The highest BCUT2D eigenvalue weighted by Gasteiger charge is 2.18. The summed E-state index contributed by atoms with van der Waals surface area (Å²) in [5.41, 5.74) is 4.76. The fourth-order valence-electron chi connectivity index (χ4n) is 3.52. The van der Waals surface area contributed by atoms with Crippen molar-refractivity contribution < 1.29 is 4.79 Å². The maximum Gasteiger partial charge on any atom is 0.225 e. The molecule has 0 fully saturated rings. The Morgan fingerprint density at radius 2 is 1.61 bits per heavy atom. The van der Waals surface area contributed by atoms with E-state index in [-0.39, 0.29) is 11.8 Å². The van der Waals surface area contributed by atoms with Crippen LogP contribution in [0.3, 0.4) is 0 Å². The number of hydrogen-bond donors (Lipinski definition) is 1. The van der Waals surface area contributed by atoms with Gasteiger partial charge in [-0.3, -0.25) is 4.79 Å². The van der Waals surface area contributed by atoms with Gasteiger partial charge in [-0.05, 0) is 36.6 Å². The van der Waals surface area contributed by atoms with Gasteiger partial charge in [0.1, 0.15) is 5.82 Å². The molecule has 1 N–H and O–H groups in total. The largest absolute Gasteiger partial charge is 0.325 e. The number of pyridine rings is 1. The van der Waals surface area contributed by atoms with E-state index in [0.717, 1.165) is 28.0 Å². The van der Waals surface area contributed by atoms with E-state index in [1.807, 2.05) is 56.3 Å².